The predicted octanol–water partition coefficient (Wildman–Crippen LogP) is 4.85. The Kier molecular flexibility index (Phi) is 6.26. The van der Waals surface area contributed by atoms with Crippen molar-refractivity contribution in [2.75, 3.05) is 27.3 Å². The van der Waals surface area contributed by atoms with Gasteiger partial charge in [0.1, 0.15) is 5.82 Å². The summed E-state index contributed by atoms with van der Waals surface area (Å²) in [5.74, 6) is 2.51. The van der Waals surface area contributed by atoms with Gasteiger partial charge in [0, 0.05) is 31.1 Å². The number of ether oxygens (including phenoxy) is 2. The zero-order chi connectivity index (χ0) is 21.8. The third-order valence-corrected chi connectivity index (χ3v) is 5.98. The first-order chi connectivity index (χ1) is 15.2. The van der Waals surface area contributed by atoms with E-state index in [-0.39, 0.29) is 11.9 Å². The largest absolute Gasteiger partial charge is 0.493 e. The Morgan fingerprint density at radius 3 is 2.58 bits per heavy atom. The lowest BCUT2D eigenvalue weighted by molar-refractivity contribution is -0.132. The van der Waals surface area contributed by atoms with E-state index in [4.69, 9.17) is 14.5 Å². The molecule has 4 rings (SSSR count). The molecule has 162 valence electrons. The minimum atomic E-state index is 0.217. The maximum atomic E-state index is 12.4. The summed E-state index contributed by atoms with van der Waals surface area (Å²) >= 11 is 0. The van der Waals surface area contributed by atoms with Crippen LogP contribution in [-0.2, 0) is 4.79 Å². The zero-order valence-electron chi connectivity index (χ0n) is 18.2. The van der Waals surface area contributed by atoms with Gasteiger partial charge in [-0.25, -0.2) is 4.98 Å². The molecule has 1 fully saturated rings. The molecule has 1 saturated heterocycles. The van der Waals surface area contributed by atoms with E-state index in [0.29, 0.717) is 17.9 Å². The van der Waals surface area contributed by atoms with Crippen LogP contribution < -0.4 is 9.47 Å². The smallest absolute Gasteiger partial charge is 0.222 e. The molecule has 0 atom stereocenters. The Morgan fingerprint density at radius 1 is 1.13 bits per heavy atom. The van der Waals surface area contributed by atoms with Crippen LogP contribution in [0.5, 0.6) is 11.5 Å². The molecule has 0 bridgehead atoms. The lowest BCUT2D eigenvalue weighted by Crippen LogP contribution is -2.39. The standard InChI is InChI=1S/C25H29N3O3/c1-4-5-10-24(29)27-15-13-19(14-16-27)28-21-9-7-6-8-20(21)26-25(28)18-11-12-22(30-2)23(17-18)31-3/h4,6-9,11-12,17,19H,1,5,10,13-16H2,2-3H3. The molecule has 2 aromatic carbocycles. The Labute approximate surface area is 183 Å². The van der Waals surface area contributed by atoms with E-state index in [2.05, 4.69) is 17.2 Å². The number of para-hydroxylation sites is 2. The number of imidazole rings is 1. The maximum absolute atomic E-state index is 12.4. The van der Waals surface area contributed by atoms with Crippen LogP contribution in [0.3, 0.4) is 0 Å². The number of nitrogens with zero attached hydrogens (tertiary/aromatic N) is 3. The van der Waals surface area contributed by atoms with Gasteiger partial charge < -0.3 is 18.9 Å². The number of amides is 1. The molecule has 0 radical (unpaired) electrons. The summed E-state index contributed by atoms with van der Waals surface area (Å²) in [6.45, 7) is 5.24. The number of hydrogen-bond acceptors (Lipinski definition) is 4. The lowest BCUT2D eigenvalue weighted by atomic mass is 10.0. The van der Waals surface area contributed by atoms with Crippen LogP contribution in [0.4, 0.5) is 0 Å². The Bertz CT molecular complexity index is 1080. The number of benzene rings is 2. The lowest BCUT2D eigenvalue weighted by Gasteiger charge is -2.33. The minimum absolute atomic E-state index is 0.217. The van der Waals surface area contributed by atoms with E-state index in [0.717, 1.165) is 54.8 Å². The number of fused-ring (bicyclic) bond motifs is 1. The molecular weight excluding hydrogens is 390 g/mol. The van der Waals surface area contributed by atoms with Crippen molar-refractivity contribution in [2.24, 2.45) is 0 Å². The summed E-state index contributed by atoms with van der Waals surface area (Å²) in [4.78, 5) is 19.4. The van der Waals surface area contributed by atoms with Gasteiger partial charge in [-0.1, -0.05) is 18.2 Å². The second-order valence-electron chi connectivity index (χ2n) is 7.80. The van der Waals surface area contributed by atoms with Crippen molar-refractivity contribution in [3.05, 3.63) is 55.1 Å². The van der Waals surface area contributed by atoms with Gasteiger partial charge in [0.05, 0.1) is 25.3 Å². The fourth-order valence-electron chi connectivity index (χ4n) is 4.35. The predicted molar refractivity (Wildman–Crippen MR) is 123 cm³/mol. The molecule has 0 saturated carbocycles. The normalized spacial score (nSPS) is 14.6. The number of carbonyl (C=O) groups is 1. The van der Waals surface area contributed by atoms with Gasteiger partial charge >= 0.3 is 0 Å². The zero-order valence-corrected chi connectivity index (χ0v) is 18.2. The number of carbonyl (C=O) groups excluding carboxylic acids is 1. The quantitative estimate of drug-likeness (QED) is 0.514. The molecular formula is C25H29N3O3. The van der Waals surface area contributed by atoms with Crippen LogP contribution in [0.2, 0.25) is 0 Å². The monoisotopic (exact) mass is 419 g/mol. The number of aromatic nitrogens is 2. The Hall–Kier alpha value is -3.28. The van der Waals surface area contributed by atoms with Crippen LogP contribution >= 0.6 is 0 Å². The number of piperidine rings is 1. The molecule has 2 heterocycles. The topological polar surface area (TPSA) is 56.6 Å². The van der Waals surface area contributed by atoms with E-state index >= 15 is 0 Å². The van der Waals surface area contributed by atoms with Gasteiger partial charge in [-0.3, -0.25) is 4.79 Å². The molecule has 0 unspecified atom stereocenters. The van der Waals surface area contributed by atoms with Gasteiger partial charge in [0.25, 0.3) is 0 Å². The second kappa shape index (κ2) is 9.25. The van der Waals surface area contributed by atoms with Crippen LogP contribution in [-0.4, -0.2) is 47.7 Å². The third kappa shape index (κ3) is 4.15. The van der Waals surface area contributed by atoms with Crippen LogP contribution in [0.1, 0.15) is 31.7 Å². The van der Waals surface area contributed by atoms with Crippen LogP contribution in [0.15, 0.2) is 55.1 Å². The molecule has 31 heavy (non-hydrogen) atoms. The van der Waals surface area contributed by atoms with Crippen molar-refractivity contribution in [3.8, 4) is 22.9 Å². The molecule has 1 amide bonds. The summed E-state index contributed by atoms with van der Waals surface area (Å²) < 4.78 is 13.3. The van der Waals surface area contributed by atoms with Crippen molar-refractivity contribution in [1.82, 2.24) is 14.5 Å². The maximum Gasteiger partial charge on any atom is 0.222 e. The average Bonchev–Trinajstić information content (AvgIpc) is 3.21. The van der Waals surface area contributed by atoms with E-state index in [1.807, 2.05) is 41.3 Å². The van der Waals surface area contributed by atoms with Crippen molar-refractivity contribution >= 4 is 16.9 Å². The van der Waals surface area contributed by atoms with E-state index in [1.165, 1.54) is 0 Å². The first kappa shape index (κ1) is 21.0. The molecule has 0 spiro atoms. The first-order valence-electron chi connectivity index (χ1n) is 10.7. The highest BCUT2D eigenvalue weighted by molar-refractivity contribution is 5.81. The average molecular weight is 420 g/mol. The highest BCUT2D eigenvalue weighted by atomic mass is 16.5. The highest BCUT2D eigenvalue weighted by Crippen LogP contribution is 2.37. The van der Waals surface area contributed by atoms with Gasteiger partial charge in [-0.15, -0.1) is 6.58 Å². The molecule has 0 aliphatic carbocycles. The SMILES string of the molecule is C=CCCC(=O)N1CCC(n2c(-c3ccc(OC)c(OC)c3)nc3ccccc32)CC1. The van der Waals surface area contributed by atoms with Gasteiger partial charge in [0.15, 0.2) is 11.5 Å². The summed E-state index contributed by atoms with van der Waals surface area (Å²) in [6, 6.07) is 14.4. The summed E-state index contributed by atoms with van der Waals surface area (Å²) in [7, 11) is 3.28. The van der Waals surface area contributed by atoms with Gasteiger partial charge in [-0.2, -0.15) is 0 Å². The van der Waals surface area contributed by atoms with Gasteiger partial charge in [-0.05, 0) is 49.6 Å². The minimum Gasteiger partial charge on any atom is -0.493 e. The first-order valence-corrected chi connectivity index (χ1v) is 10.7. The number of allylic oxidation sites excluding steroid dienone is 1. The van der Waals surface area contributed by atoms with Crippen LogP contribution in [0.25, 0.3) is 22.4 Å². The van der Waals surface area contributed by atoms with Crippen molar-refractivity contribution in [1.29, 1.82) is 0 Å². The van der Waals surface area contributed by atoms with Crippen molar-refractivity contribution < 1.29 is 14.3 Å². The number of methoxy groups -OCH3 is 2. The third-order valence-electron chi connectivity index (χ3n) is 5.98. The molecule has 6 nitrogen and oxygen atoms in total. The molecule has 1 aliphatic heterocycles. The molecule has 6 heteroatoms. The molecule has 0 N–H and O–H groups in total. The molecule has 3 aromatic rings. The van der Waals surface area contributed by atoms with Crippen molar-refractivity contribution in [2.45, 2.75) is 31.7 Å². The number of hydrogen-bond donors (Lipinski definition) is 0. The fourth-order valence-corrected chi connectivity index (χ4v) is 4.35. The highest BCUT2D eigenvalue weighted by Gasteiger charge is 2.27. The molecule has 1 aromatic heterocycles. The van der Waals surface area contributed by atoms with E-state index in [1.54, 1.807) is 20.3 Å². The molecule has 1 aliphatic rings. The van der Waals surface area contributed by atoms with Gasteiger partial charge in [0.2, 0.25) is 5.91 Å². The van der Waals surface area contributed by atoms with E-state index < -0.39 is 0 Å². The Balaban J connectivity index is 1.67. The Morgan fingerprint density at radius 2 is 1.87 bits per heavy atom. The van der Waals surface area contributed by atoms with E-state index in [9.17, 15) is 4.79 Å². The summed E-state index contributed by atoms with van der Waals surface area (Å²) in [5, 5.41) is 0. The summed E-state index contributed by atoms with van der Waals surface area (Å²) in [5.41, 5.74) is 3.07. The van der Waals surface area contributed by atoms with Crippen LogP contribution in [0, 0.1) is 0 Å². The number of likely N-dealkylation sites (tertiary alicyclic amines) is 1. The number of rotatable bonds is 7. The van der Waals surface area contributed by atoms with Crippen molar-refractivity contribution in [3.63, 3.8) is 0 Å². The second-order valence-corrected chi connectivity index (χ2v) is 7.80. The summed E-state index contributed by atoms with van der Waals surface area (Å²) in [6.07, 6.45) is 4.88. The fraction of sp³-hybridized carbons (Fsp3) is 0.360.